The van der Waals surface area contributed by atoms with Crippen LogP contribution < -0.4 is 10.6 Å². The van der Waals surface area contributed by atoms with Gasteiger partial charge in [-0.1, -0.05) is 0 Å². The van der Waals surface area contributed by atoms with Gasteiger partial charge in [0.25, 0.3) is 0 Å². The Balaban J connectivity index is 1.38. The zero-order valence-corrected chi connectivity index (χ0v) is 13.6. The molecule has 136 valence electrons. The normalized spacial score (nSPS) is 27.1. The molecule has 2 N–H and O–H groups in total. The molecule has 1 unspecified atom stereocenters. The van der Waals surface area contributed by atoms with Crippen LogP contribution >= 0.6 is 0 Å². The van der Waals surface area contributed by atoms with Gasteiger partial charge in [-0.3, -0.25) is 9.59 Å². The number of rotatable bonds is 3. The fourth-order valence-corrected chi connectivity index (χ4v) is 4.08. The zero-order chi connectivity index (χ0) is 17.4. The highest BCUT2D eigenvalue weighted by molar-refractivity contribution is 5.83. The summed E-state index contributed by atoms with van der Waals surface area (Å²) < 4.78 is 37.2. The lowest BCUT2D eigenvalue weighted by molar-refractivity contribution is -0.186. The number of nitrogens with one attached hydrogen (secondary N) is 2. The summed E-state index contributed by atoms with van der Waals surface area (Å²) in [5, 5.41) is 6.28. The first kappa shape index (κ1) is 17.5. The van der Waals surface area contributed by atoms with E-state index in [0.29, 0.717) is 19.4 Å². The van der Waals surface area contributed by atoms with Crippen molar-refractivity contribution in [1.29, 1.82) is 0 Å². The molecule has 24 heavy (non-hydrogen) atoms. The molecule has 2 heterocycles. The van der Waals surface area contributed by atoms with Crippen LogP contribution in [0.15, 0.2) is 0 Å². The maximum atomic E-state index is 12.4. The molecule has 3 aliphatic rings. The lowest BCUT2D eigenvalue weighted by Gasteiger charge is -2.32. The Morgan fingerprint density at radius 1 is 1.17 bits per heavy atom. The number of piperidine rings is 2. The van der Waals surface area contributed by atoms with E-state index in [1.54, 1.807) is 0 Å². The molecule has 0 radical (unpaired) electrons. The fourth-order valence-electron chi connectivity index (χ4n) is 4.08. The summed E-state index contributed by atoms with van der Waals surface area (Å²) in [6.07, 6.45) is -0.745. The van der Waals surface area contributed by atoms with E-state index in [4.69, 9.17) is 0 Å². The zero-order valence-electron chi connectivity index (χ0n) is 13.6. The number of alkyl halides is 3. The minimum absolute atomic E-state index is 0.0886. The predicted octanol–water partition coefficient (Wildman–Crippen LogP) is 1.29. The molecule has 3 fully saturated rings. The molecule has 2 aliphatic heterocycles. The Morgan fingerprint density at radius 3 is 2.38 bits per heavy atom. The highest BCUT2D eigenvalue weighted by Crippen LogP contribution is 2.58. The van der Waals surface area contributed by atoms with Crippen LogP contribution in [0.4, 0.5) is 13.2 Å². The van der Waals surface area contributed by atoms with Gasteiger partial charge in [0.05, 0.1) is 0 Å². The van der Waals surface area contributed by atoms with E-state index in [-0.39, 0.29) is 36.2 Å². The molecule has 1 aliphatic carbocycles. The van der Waals surface area contributed by atoms with Crippen LogP contribution in [0.5, 0.6) is 0 Å². The first-order valence-corrected chi connectivity index (χ1v) is 8.66. The number of hydrogen-bond donors (Lipinski definition) is 2. The monoisotopic (exact) mass is 347 g/mol. The molecular formula is C16H24F3N3O2. The lowest BCUT2D eigenvalue weighted by atomic mass is 9.91. The Kier molecular flexibility index (Phi) is 4.77. The van der Waals surface area contributed by atoms with Crippen molar-refractivity contribution in [1.82, 2.24) is 15.5 Å². The number of halogens is 3. The van der Waals surface area contributed by atoms with E-state index >= 15 is 0 Å². The molecule has 0 aromatic heterocycles. The number of carbonyl (C=O) groups excluding carboxylic acids is 2. The summed E-state index contributed by atoms with van der Waals surface area (Å²) in [6, 6.07) is 0. The summed E-state index contributed by atoms with van der Waals surface area (Å²) >= 11 is 0. The second-order valence-corrected chi connectivity index (χ2v) is 7.35. The Hall–Kier alpha value is -1.31. The van der Waals surface area contributed by atoms with Crippen LogP contribution in [0, 0.1) is 17.3 Å². The van der Waals surface area contributed by atoms with E-state index < -0.39 is 12.1 Å². The second-order valence-electron chi connectivity index (χ2n) is 7.35. The number of amides is 2. The number of hydrogen-bond acceptors (Lipinski definition) is 3. The van der Waals surface area contributed by atoms with Crippen molar-refractivity contribution in [2.24, 2.45) is 17.3 Å². The first-order valence-electron chi connectivity index (χ1n) is 8.66. The van der Waals surface area contributed by atoms with Crippen LogP contribution in [0.3, 0.4) is 0 Å². The molecular weight excluding hydrogens is 323 g/mol. The Labute approximate surface area is 139 Å². The van der Waals surface area contributed by atoms with Gasteiger partial charge >= 0.3 is 12.1 Å². The van der Waals surface area contributed by atoms with Gasteiger partial charge in [0.15, 0.2) is 0 Å². The number of likely N-dealkylation sites (tertiary alicyclic amines) is 1. The molecule has 8 heteroatoms. The standard InChI is InChI=1S/C16H24F3N3O2/c17-16(18,19)14(24)22-7-1-11(2-8-22)10-21-13(23)12-9-15(12)3-5-20-6-4-15/h11-12,20H,1-10H2,(H,21,23). The van der Waals surface area contributed by atoms with Crippen molar-refractivity contribution in [2.75, 3.05) is 32.7 Å². The fraction of sp³-hybridized carbons (Fsp3) is 0.875. The molecule has 0 aromatic carbocycles. The minimum atomic E-state index is -4.80. The van der Waals surface area contributed by atoms with E-state index in [0.717, 1.165) is 37.3 Å². The van der Waals surface area contributed by atoms with Gasteiger partial charge in [0.1, 0.15) is 0 Å². The third-order valence-corrected chi connectivity index (χ3v) is 5.81. The molecule has 1 saturated carbocycles. The smallest absolute Gasteiger partial charge is 0.356 e. The van der Waals surface area contributed by atoms with Gasteiger partial charge in [-0.2, -0.15) is 13.2 Å². The van der Waals surface area contributed by atoms with Gasteiger partial charge in [-0.15, -0.1) is 0 Å². The van der Waals surface area contributed by atoms with Gasteiger partial charge < -0.3 is 15.5 Å². The lowest BCUT2D eigenvalue weighted by Crippen LogP contribution is -2.46. The average molecular weight is 347 g/mol. The Morgan fingerprint density at radius 2 is 1.79 bits per heavy atom. The largest absolute Gasteiger partial charge is 0.471 e. The van der Waals surface area contributed by atoms with Crippen LogP contribution in [0.2, 0.25) is 0 Å². The minimum Gasteiger partial charge on any atom is -0.356 e. The summed E-state index contributed by atoms with van der Waals surface area (Å²) in [5.41, 5.74) is 0.192. The number of nitrogens with zero attached hydrogens (tertiary/aromatic N) is 1. The van der Waals surface area contributed by atoms with Crippen molar-refractivity contribution >= 4 is 11.8 Å². The van der Waals surface area contributed by atoms with Crippen LogP contribution in [0.1, 0.15) is 32.1 Å². The maximum Gasteiger partial charge on any atom is 0.471 e. The van der Waals surface area contributed by atoms with Gasteiger partial charge in [0, 0.05) is 25.6 Å². The van der Waals surface area contributed by atoms with E-state index in [2.05, 4.69) is 10.6 Å². The molecule has 3 rings (SSSR count). The quantitative estimate of drug-likeness (QED) is 0.809. The topological polar surface area (TPSA) is 61.4 Å². The first-order chi connectivity index (χ1) is 11.3. The molecule has 5 nitrogen and oxygen atoms in total. The maximum absolute atomic E-state index is 12.4. The molecule has 2 saturated heterocycles. The van der Waals surface area contributed by atoms with Crippen molar-refractivity contribution in [3.8, 4) is 0 Å². The molecule has 0 bridgehead atoms. The van der Waals surface area contributed by atoms with Crippen molar-refractivity contribution in [3.05, 3.63) is 0 Å². The number of carbonyl (C=O) groups is 2. The third-order valence-electron chi connectivity index (χ3n) is 5.81. The highest BCUT2D eigenvalue weighted by atomic mass is 19.4. The van der Waals surface area contributed by atoms with Crippen molar-refractivity contribution in [3.63, 3.8) is 0 Å². The van der Waals surface area contributed by atoms with Gasteiger partial charge in [0.2, 0.25) is 5.91 Å². The van der Waals surface area contributed by atoms with E-state index in [9.17, 15) is 22.8 Å². The van der Waals surface area contributed by atoms with Crippen LogP contribution in [-0.2, 0) is 9.59 Å². The van der Waals surface area contributed by atoms with E-state index in [1.165, 1.54) is 0 Å². The second kappa shape index (κ2) is 6.54. The summed E-state index contributed by atoms with van der Waals surface area (Å²) in [4.78, 5) is 24.3. The molecule has 0 aromatic rings. The molecule has 1 atom stereocenters. The van der Waals surface area contributed by atoms with Gasteiger partial charge in [-0.05, 0) is 56.5 Å². The van der Waals surface area contributed by atoms with Crippen molar-refractivity contribution < 1.29 is 22.8 Å². The summed E-state index contributed by atoms with van der Waals surface area (Å²) in [5.74, 6) is -1.41. The third kappa shape index (κ3) is 3.68. The summed E-state index contributed by atoms with van der Waals surface area (Å²) in [7, 11) is 0. The van der Waals surface area contributed by atoms with Crippen LogP contribution in [-0.4, -0.2) is 55.6 Å². The van der Waals surface area contributed by atoms with E-state index in [1.807, 2.05) is 0 Å². The van der Waals surface area contributed by atoms with Gasteiger partial charge in [-0.25, -0.2) is 0 Å². The molecule has 1 spiro atoms. The average Bonchev–Trinajstić information content (AvgIpc) is 3.25. The highest BCUT2D eigenvalue weighted by Gasteiger charge is 2.57. The molecule has 2 amide bonds. The van der Waals surface area contributed by atoms with Crippen LogP contribution in [0.25, 0.3) is 0 Å². The Bertz CT molecular complexity index is 495. The van der Waals surface area contributed by atoms with Crippen molar-refractivity contribution in [2.45, 2.75) is 38.3 Å². The predicted molar refractivity (Wildman–Crippen MR) is 81.0 cm³/mol. The summed E-state index contributed by atoms with van der Waals surface area (Å²) in [6.45, 7) is 2.65. The SMILES string of the molecule is O=C(NCC1CCN(C(=O)C(F)(F)F)CC1)C1CC12CCNCC2.